The Labute approximate surface area is 187 Å². The summed E-state index contributed by atoms with van der Waals surface area (Å²) in [6.45, 7) is 8.36. The van der Waals surface area contributed by atoms with Gasteiger partial charge in [-0.25, -0.2) is 14.8 Å². The number of anilines is 2. The molecule has 9 nitrogen and oxygen atoms in total. The van der Waals surface area contributed by atoms with E-state index in [0.29, 0.717) is 29.6 Å². The Kier molecular flexibility index (Phi) is 7.64. The summed E-state index contributed by atoms with van der Waals surface area (Å²) in [5.74, 6) is 0.177. The lowest BCUT2D eigenvalue weighted by Crippen LogP contribution is -2.46. The van der Waals surface area contributed by atoms with Gasteiger partial charge >= 0.3 is 6.03 Å². The minimum absolute atomic E-state index is 0.185. The van der Waals surface area contributed by atoms with Crippen LogP contribution in [0.25, 0.3) is 0 Å². The number of piperazine rings is 1. The number of amides is 3. The largest absolute Gasteiger partial charge is 0.368 e. The molecule has 0 unspecified atom stereocenters. The molecule has 1 aliphatic heterocycles. The normalized spacial score (nSPS) is 14.3. The molecule has 2 aromatic heterocycles. The zero-order valence-electron chi connectivity index (χ0n) is 18.0. The van der Waals surface area contributed by atoms with Crippen molar-refractivity contribution in [2.24, 2.45) is 0 Å². The van der Waals surface area contributed by atoms with Crippen molar-refractivity contribution in [2.75, 3.05) is 50.0 Å². The minimum atomic E-state index is -0.325. The number of nitrogens with one attached hydrogen (secondary N) is 3. The van der Waals surface area contributed by atoms with Gasteiger partial charge in [-0.3, -0.25) is 15.0 Å². The second kappa shape index (κ2) is 10.4. The van der Waals surface area contributed by atoms with Crippen LogP contribution in [0.15, 0.2) is 24.4 Å². The molecule has 0 bridgehead atoms. The summed E-state index contributed by atoms with van der Waals surface area (Å²) in [4.78, 5) is 36.8. The van der Waals surface area contributed by atoms with Crippen molar-refractivity contribution in [2.45, 2.75) is 20.4 Å². The van der Waals surface area contributed by atoms with E-state index in [-0.39, 0.29) is 11.9 Å². The number of halogens is 1. The molecule has 0 saturated carbocycles. The third kappa shape index (κ3) is 5.62. The second-order valence-electron chi connectivity index (χ2n) is 7.26. The molecule has 31 heavy (non-hydrogen) atoms. The molecule has 0 aromatic carbocycles. The average molecular weight is 446 g/mol. The van der Waals surface area contributed by atoms with Gasteiger partial charge in [0.2, 0.25) is 0 Å². The van der Waals surface area contributed by atoms with Crippen LogP contribution in [0.2, 0.25) is 5.02 Å². The molecule has 0 atom stereocenters. The Hall–Kier alpha value is -2.91. The van der Waals surface area contributed by atoms with Gasteiger partial charge in [0, 0.05) is 52.5 Å². The fourth-order valence-corrected chi connectivity index (χ4v) is 3.75. The highest BCUT2D eigenvalue weighted by Gasteiger charge is 2.21. The SMILES string of the molecule is CCNC(=O)Nc1nccc(CN2CCN(c3ccc(C(=O)NC)nc3C)CC2)c1Cl. The molecule has 3 heterocycles. The van der Waals surface area contributed by atoms with Crippen molar-refractivity contribution in [3.63, 3.8) is 0 Å². The topological polar surface area (TPSA) is 102 Å². The lowest BCUT2D eigenvalue weighted by atomic mass is 10.2. The Morgan fingerprint density at radius 2 is 1.90 bits per heavy atom. The van der Waals surface area contributed by atoms with E-state index in [1.165, 1.54) is 0 Å². The lowest BCUT2D eigenvalue weighted by molar-refractivity contribution is 0.0958. The van der Waals surface area contributed by atoms with Crippen LogP contribution >= 0.6 is 11.6 Å². The van der Waals surface area contributed by atoms with Crippen LogP contribution in [0.3, 0.4) is 0 Å². The number of carbonyl (C=O) groups excluding carboxylic acids is 2. The average Bonchev–Trinajstić information content (AvgIpc) is 2.76. The molecule has 3 amide bonds. The molecule has 0 radical (unpaired) electrons. The van der Waals surface area contributed by atoms with Crippen molar-refractivity contribution in [1.29, 1.82) is 0 Å². The van der Waals surface area contributed by atoms with Crippen LogP contribution in [0, 0.1) is 6.92 Å². The maximum Gasteiger partial charge on any atom is 0.320 e. The zero-order chi connectivity index (χ0) is 22.4. The quantitative estimate of drug-likeness (QED) is 0.630. The van der Waals surface area contributed by atoms with Gasteiger partial charge in [0.25, 0.3) is 5.91 Å². The Morgan fingerprint density at radius 1 is 1.16 bits per heavy atom. The maximum absolute atomic E-state index is 11.8. The zero-order valence-corrected chi connectivity index (χ0v) is 18.8. The number of pyridine rings is 2. The van der Waals surface area contributed by atoms with Crippen LogP contribution < -0.4 is 20.9 Å². The van der Waals surface area contributed by atoms with E-state index in [0.717, 1.165) is 43.1 Å². The fourth-order valence-electron chi connectivity index (χ4n) is 3.54. The summed E-state index contributed by atoms with van der Waals surface area (Å²) in [7, 11) is 1.60. The van der Waals surface area contributed by atoms with E-state index in [2.05, 4.69) is 35.7 Å². The predicted molar refractivity (Wildman–Crippen MR) is 122 cm³/mol. The minimum Gasteiger partial charge on any atom is -0.368 e. The van der Waals surface area contributed by atoms with Crippen LogP contribution in [0.1, 0.15) is 28.7 Å². The molecule has 3 rings (SSSR count). The smallest absolute Gasteiger partial charge is 0.320 e. The molecule has 0 spiro atoms. The highest BCUT2D eigenvalue weighted by Crippen LogP contribution is 2.26. The standard InChI is InChI=1S/C21H28ClN7O2/c1-4-24-21(31)27-19-18(22)15(7-8-25-19)13-28-9-11-29(12-10-28)17-6-5-16(20(30)23-3)26-14(17)2/h5-8H,4,9-13H2,1-3H3,(H,23,30)(H2,24,25,27,31). The van der Waals surface area contributed by atoms with E-state index < -0.39 is 0 Å². The first-order valence-electron chi connectivity index (χ1n) is 10.3. The van der Waals surface area contributed by atoms with Gasteiger partial charge in [-0.05, 0) is 37.6 Å². The van der Waals surface area contributed by atoms with Crippen LogP contribution in [-0.4, -0.2) is 66.6 Å². The third-order valence-electron chi connectivity index (χ3n) is 5.16. The Morgan fingerprint density at radius 3 is 2.55 bits per heavy atom. The molecule has 1 aliphatic rings. The molecule has 10 heteroatoms. The number of hydrogen-bond acceptors (Lipinski definition) is 6. The van der Waals surface area contributed by atoms with Gasteiger partial charge in [-0.1, -0.05) is 11.6 Å². The number of carbonyl (C=O) groups is 2. The molecule has 1 fully saturated rings. The van der Waals surface area contributed by atoms with E-state index in [4.69, 9.17) is 11.6 Å². The number of nitrogens with zero attached hydrogens (tertiary/aromatic N) is 4. The van der Waals surface area contributed by atoms with Crippen molar-refractivity contribution in [3.05, 3.63) is 46.4 Å². The van der Waals surface area contributed by atoms with Gasteiger partial charge < -0.3 is 15.5 Å². The summed E-state index contributed by atoms with van der Waals surface area (Å²) in [5, 5.41) is 8.41. The summed E-state index contributed by atoms with van der Waals surface area (Å²) >= 11 is 6.49. The Bertz CT molecular complexity index is 945. The van der Waals surface area contributed by atoms with E-state index in [1.807, 2.05) is 26.0 Å². The lowest BCUT2D eigenvalue weighted by Gasteiger charge is -2.36. The first-order chi connectivity index (χ1) is 14.9. The van der Waals surface area contributed by atoms with Crippen molar-refractivity contribution < 1.29 is 9.59 Å². The number of hydrogen-bond donors (Lipinski definition) is 3. The molecule has 0 aliphatic carbocycles. The number of aryl methyl sites for hydroxylation is 1. The van der Waals surface area contributed by atoms with Crippen LogP contribution in [0.4, 0.5) is 16.3 Å². The van der Waals surface area contributed by atoms with Gasteiger partial charge in [-0.2, -0.15) is 0 Å². The summed E-state index contributed by atoms with van der Waals surface area (Å²) in [5.41, 5.74) is 3.23. The fraction of sp³-hybridized carbons (Fsp3) is 0.429. The summed E-state index contributed by atoms with van der Waals surface area (Å²) < 4.78 is 0. The van der Waals surface area contributed by atoms with Crippen molar-refractivity contribution >= 4 is 35.0 Å². The summed E-state index contributed by atoms with van der Waals surface area (Å²) in [6, 6.07) is 5.27. The second-order valence-corrected chi connectivity index (χ2v) is 7.64. The molecule has 2 aromatic rings. The number of urea groups is 1. The third-order valence-corrected chi connectivity index (χ3v) is 5.58. The Balaban J connectivity index is 1.61. The summed E-state index contributed by atoms with van der Waals surface area (Å²) in [6.07, 6.45) is 1.65. The number of rotatable bonds is 6. The molecular formula is C21H28ClN7O2. The van der Waals surface area contributed by atoms with Gasteiger partial charge in [0.1, 0.15) is 5.69 Å². The first kappa shape index (κ1) is 22.8. The predicted octanol–water partition coefficient (Wildman–Crippen LogP) is 2.26. The van der Waals surface area contributed by atoms with Gasteiger partial charge in [0.05, 0.1) is 16.4 Å². The van der Waals surface area contributed by atoms with Crippen molar-refractivity contribution in [1.82, 2.24) is 25.5 Å². The molecular weight excluding hydrogens is 418 g/mol. The van der Waals surface area contributed by atoms with E-state index in [1.54, 1.807) is 19.3 Å². The van der Waals surface area contributed by atoms with Crippen molar-refractivity contribution in [3.8, 4) is 0 Å². The molecule has 1 saturated heterocycles. The molecule has 3 N–H and O–H groups in total. The van der Waals surface area contributed by atoms with E-state index in [9.17, 15) is 9.59 Å². The van der Waals surface area contributed by atoms with Crippen LogP contribution in [-0.2, 0) is 6.54 Å². The first-order valence-corrected chi connectivity index (χ1v) is 10.7. The van der Waals surface area contributed by atoms with Gasteiger partial charge in [0.15, 0.2) is 5.82 Å². The highest BCUT2D eigenvalue weighted by atomic mass is 35.5. The van der Waals surface area contributed by atoms with E-state index >= 15 is 0 Å². The highest BCUT2D eigenvalue weighted by molar-refractivity contribution is 6.34. The monoisotopic (exact) mass is 445 g/mol. The molecule has 166 valence electrons. The van der Waals surface area contributed by atoms with Crippen LogP contribution in [0.5, 0.6) is 0 Å². The van der Waals surface area contributed by atoms with Gasteiger partial charge in [-0.15, -0.1) is 0 Å². The number of aromatic nitrogens is 2. The maximum atomic E-state index is 11.8.